The number of nitrogens with zero attached hydrogens (tertiary/aromatic N) is 4. The number of aromatic nitrogens is 2. The molecular formula is C26H37N5O3. The number of anilines is 1. The number of carbonyl (C=O) groups excluding carboxylic acids is 2. The molecule has 2 aromatic rings. The number of H-pyrrole nitrogens is 1. The second-order valence-electron chi connectivity index (χ2n) is 10.1. The molecule has 3 atom stereocenters. The highest BCUT2D eigenvalue weighted by Gasteiger charge is 2.40. The van der Waals surface area contributed by atoms with Crippen molar-refractivity contribution in [3.05, 3.63) is 24.3 Å². The van der Waals surface area contributed by atoms with E-state index in [9.17, 15) is 9.59 Å². The Morgan fingerprint density at radius 2 is 2.06 bits per heavy atom. The Hall–Kier alpha value is -2.45. The summed E-state index contributed by atoms with van der Waals surface area (Å²) in [4.78, 5) is 33.1. The summed E-state index contributed by atoms with van der Waals surface area (Å²) in [7, 11) is 1.70. The van der Waals surface area contributed by atoms with Crippen LogP contribution in [-0.2, 0) is 14.3 Å². The van der Waals surface area contributed by atoms with Gasteiger partial charge in [-0.3, -0.25) is 19.6 Å². The number of rotatable bonds is 8. The van der Waals surface area contributed by atoms with Gasteiger partial charge in [0.1, 0.15) is 0 Å². The summed E-state index contributed by atoms with van der Waals surface area (Å²) >= 11 is 0. The average Bonchev–Trinajstić information content (AvgIpc) is 3.46. The Kier molecular flexibility index (Phi) is 7.15. The van der Waals surface area contributed by atoms with Crippen LogP contribution < -0.4 is 4.90 Å². The van der Waals surface area contributed by atoms with Crippen LogP contribution in [0.3, 0.4) is 0 Å². The molecule has 8 nitrogen and oxygen atoms in total. The van der Waals surface area contributed by atoms with E-state index in [1.165, 1.54) is 45.2 Å². The molecule has 2 amide bonds. The molecule has 0 saturated carbocycles. The second kappa shape index (κ2) is 10.4. The number of hydrogen-bond donors (Lipinski definition) is 1. The lowest BCUT2D eigenvalue weighted by molar-refractivity contribution is -0.137. The van der Waals surface area contributed by atoms with E-state index in [0.29, 0.717) is 37.5 Å². The third-order valence-corrected chi connectivity index (χ3v) is 7.95. The molecule has 5 rings (SSSR count). The van der Waals surface area contributed by atoms with Gasteiger partial charge < -0.3 is 14.5 Å². The summed E-state index contributed by atoms with van der Waals surface area (Å²) in [5.74, 6) is 0.913. The third-order valence-electron chi connectivity index (χ3n) is 7.95. The van der Waals surface area contributed by atoms with Crippen molar-refractivity contribution in [2.24, 2.45) is 11.8 Å². The number of fused-ring (bicyclic) bond motifs is 2. The molecule has 4 heterocycles. The van der Waals surface area contributed by atoms with Crippen molar-refractivity contribution in [1.82, 2.24) is 20.0 Å². The fraction of sp³-hybridized carbons (Fsp3) is 0.654. The van der Waals surface area contributed by atoms with E-state index < -0.39 is 0 Å². The molecule has 3 saturated heterocycles. The van der Waals surface area contributed by atoms with E-state index in [0.717, 1.165) is 23.9 Å². The summed E-state index contributed by atoms with van der Waals surface area (Å²) in [5.41, 5.74) is 0.899. The Labute approximate surface area is 201 Å². The molecule has 8 heteroatoms. The third kappa shape index (κ3) is 4.70. The number of carbonyl (C=O) groups is 2. The van der Waals surface area contributed by atoms with Crippen LogP contribution in [0.2, 0.25) is 0 Å². The van der Waals surface area contributed by atoms with Gasteiger partial charge in [-0.15, -0.1) is 0 Å². The standard InChI is InChI=1S/C26H37N5O3/c1-34-15-7-14-30(17-19-8-6-13-29-12-5-4-11-23(19)29)26(33)20-16-24(32)31(18-20)25-21-9-2-3-10-22(21)27-28-25/h2-3,9-10,19-20,23H,4-8,11-18H2,1H3,(H,27,28)/t19-,20?,23+/m0/s1. The molecule has 1 N–H and O–H groups in total. The predicted octanol–water partition coefficient (Wildman–Crippen LogP) is 3.05. The largest absolute Gasteiger partial charge is 0.385 e. The minimum Gasteiger partial charge on any atom is -0.385 e. The van der Waals surface area contributed by atoms with Crippen LogP contribution in [0.15, 0.2) is 24.3 Å². The van der Waals surface area contributed by atoms with Crippen LogP contribution in [0.5, 0.6) is 0 Å². The minimum absolute atomic E-state index is 0.0245. The zero-order valence-electron chi connectivity index (χ0n) is 20.2. The summed E-state index contributed by atoms with van der Waals surface area (Å²) < 4.78 is 5.28. The predicted molar refractivity (Wildman–Crippen MR) is 132 cm³/mol. The van der Waals surface area contributed by atoms with Gasteiger partial charge in [0.05, 0.1) is 11.4 Å². The van der Waals surface area contributed by atoms with Gasteiger partial charge in [-0.05, 0) is 63.2 Å². The number of amides is 2. The van der Waals surface area contributed by atoms with E-state index in [-0.39, 0.29) is 24.2 Å². The molecule has 3 fully saturated rings. The summed E-state index contributed by atoms with van der Waals surface area (Å²) in [5, 5.41) is 8.33. The second-order valence-corrected chi connectivity index (χ2v) is 10.1. The topological polar surface area (TPSA) is 81.8 Å². The van der Waals surface area contributed by atoms with Gasteiger partial charge in [0.25, 0.3) is 0 Å². The van der Waals surface area contributed by atoms with Crippen molar-refractivity contribution in [2.45, 2.75) is 51.0 Å². The molecule has 1 aromatic heterocycles. The van der Waals surface area contributed by atoms with Crippen LogP contribution in [0.4, 0.5) is 5.82 Å². The number of hydrogen-bond acceptors (Lipinski definition) is 5. The number of ether oxygens (including phenoxy) is 1. The van der Waals surface area contributed by atoms with Gasteiger partial charge in [0, 0.05) is 51.2 Å². The molecule has 1 aromatic carbocycles. The molecule has 0 spiro atoms. The van der Waals surface area contributed by atoms with Crippen molar-refractivity contribution in [1.29, 1.82) is 0 Å². The first-order valence-electron chi connectivity index (χ1n) is 12.9. The molecular weight excluding hydrogens is 430 g/mol. The summed E-state index contributed by atoms with van der Waals surface area (Å²) in [6.07, 6.45) is 7.29. The number of piperidine rings is 2. The van der Waals surface area contributed by atoms with Crippen molar-refractivity contribution in [2.75, 3.05) is 51.3 Å². The lowest BCUT2D eigenvalue weighted by Crippen LogP contribution is -2.52. The van der Waals surface area contributed by atoms with Crippen molar-refractivity contribution in [3.8, 4) is 0 Å². The summed E-state index contributed by atoms with van der Waals surface area (Å²) in [6.45, 7) is 4.91. The smallest absolute Gasteiger partial charge is 0.229 e. The molecule has 3 aliphatic heterocycles. The zero-order valence-corrected chi connectivity index (χ0v) is 20.2. The Morgan fingerprint density at radius 1 is 1.21 bits per heavy atom. The molecule has 0 bridgehead atoms. The van der Waals surface area contributed by atoms with Gasteiger partial charge in [-0.25, -0.2) is 0 Å². The number of methoxy groups -OCH3 is 1. The normalized spacial score (nSPS) is 25.6. The van der Waals surface area contributed by atoms with Crippen molar-refractivity contribution < 1.29 is 14.3 Å². The van der Waals surface area contributed by atoms with E-state index in [1.807, 2.05) is 29.2 Å². The summed E-state index contributed by atoms with van der Waals surface area (Å²) in [6, 6.07) is 8.40. The Morgan fingerprint density at radius 3 is 2.94 bits per heavy atom. The van der Waals surface area contributed by atoms with E-state index in [4.69, 9.17) is 4.74 Å². The van der Waals surface area contributed by atoms with Gasteiger partial charge in [0.15, 0.2) is 5.82 Å². The van der Waals surface area contributed by atoms with Gasteiger partial charge in [-0.2, -0.15) is 5.10 Å². The number of para-hydroxylation sites is 1. The monoisotopic (exact) mass is 467 g/mol. The average molecular weight is 468 g/mol. The highest BCUT2D eigenvalue weighted by Crippen LogP contribution is 2.33. The minimum atomic E-state index is -0.323. The van der Waals surface area contributed by atoms with E-state index in [1.54, 1.807) is 12.0 Å². The van der Waals surface area contributed by atoms with Gasteiger partial charge >= 0.3 is 0 Å². The van der Waals surface area contributed by atoms with Crippen molar-refractivity contribution in [3.63, 3.8) is 0 Å². The molecule has 1 unspecified atom stereocenters. The van der Waals surface area contributed by atoms with Crippen LogP contribution in [0.1, 0.15) is 44.9 Å². The van der Waals surface area contributed by atoms with Crippen LogP contribution >= 0.6 is 0 Å². The molecule has 0 aliphatic carbocycles. The first-order valence-corrected chi connectivity index (χ1v) is 12.9. The van der Waals surface area contributed by atoms with Crippen LogP contribution in [-0.4, -0.2) is 84.3 Å². The number of benzene rings is 1. The van der Waals surface area contributed by atoms with E-state index in [2.05, 4.69) is 15.1 Å². The van der Waals surface area contributed by atoms with Crippen molar-refractivity contribution >= 4 is 28.5 Å². The van der Waals surface area contributed by atoms with Crippen LogP contribution in [0.25, 0.3) is 10.9 Å². The Balaban J connectivity index is 1.30. The maximum atomic E-state index is 13.8. The SMILES string of the molecule is COCCCN(C[C@@H]1CCCN2CCCC[C@H]12)C(=O)C1CC(=O)N(c2n[nH]c3ccccc23)C1. The molecule has 34 heavy (non-hydrogen) atoms. The number of aromatic amines is 1. The highest BCUT2D eigenvalue weighted by molar-refractivity contribution is 6.05. The molecule has 184 valence electrons. The lowest BCUT2D eigenvalue weighted by Gasteiger charge is -2.46. The van der Waals surface area contributed by atoms with Gasteiger partial charge in [-0.1, -0.05) is 18.6 Å². The highest BCUT2D eigenvalue weighted by atomic mass is 16.5. The Bertz CT molecular complexity index is 1010. The first kappa shape index (κ1) is 23.3. The maximum Gasteiger partial charge on any atom is 0.229 e. The van der Waals surface area contributed by atoms with E-state index >= 15 is 0 Å². The zero-order chi connectivity index (χ0) is 23.5. The number of nitrogens with one attached hydrogen (secondary N) is 1. The maximum absolute atomic E-state index is 13.8. The molecule has 3 aliphatic rings. The van der Waals surface area contributed by atoms with Crippen LogP contribution in [0, 0.1) is 11.8 Å². The quantitative estimate of drug-likeness (QED) is 0.604. The fourth-order valence-corrected chi connectivity index (χ4v) is 6.26. The lowest BCUT2D eigenvalue weighted by atomic mass is 9.83. The fourth-order valence-electron chi connectivity index (χ4n) is 6.26. The first-order chi connectivity index (χ1) is 16.7. The van der Waals surface area contributed by atoms with Gasteiger partial charge in [0.2, 0.25) is 11.8 Å². The molecule has 0 radical (unpaired) electrons.